The number of methoxy groups -OCH3 is 1. The van der Waals surface area contributed by atoms with Crippen LogP contribution in [0.3, 0.4) is 0 Å². The Hall–Kier alpha value is -1.88. The molecular formula is C13H14N2O2S. The number of hydrogen-bond donors (Lipinski definition) is 0. The molecule has 0 saturated carbocycles. The van der Waals surface area contributed by atoms with Gasteiger partial charge in [-0.2, -0.15) is 0 Å². The summed E-state index contributed by atoms with van der Waals surface area (Å²) in [4.78, 5) is 19.2. The second-order valence-electron chi connectivity index (χ2n) is 3.98. The third-order valence-electron chi connectivity index (χ3n) is 2.46. The van der Waals surface area contributed by atoms with E-state index in [1.54, 1.807) is 38.5 Å². The number of hydrogen-bond acceptors (Lipinski definition) is 4. The molecule has 0 spiro atoms. The predicted molar refractivity (Wildman–Crippen MR) is 72.1 cm³/mol. The first-order chi connectivity index (χ1) is 8.61. The second-order valence-corrected chi connectivity index (χ2v) is 5.06. The fraction of sp³-hybridized carbons (Fsp3) is 0.231. The van der Waals surface area contributed by atoms with Crippen molar-refractivity contribution in [3.8, 4) is 16.2 Å². The molecule has 0 unspecified atom stereocenters. The van der Waals surface area contributed by atoms with Gasteiger partial charge in [0.1, 0.15) is 5.75 Å². The van der Waals surface area contributed by atoms with Gasteiger partial charge in [-0.1, -0.05) is 0 Å². The van der Waals surface area contributed by atoms with Gasteiger partial charge < -0.3 is 9.64 Å². The standard InChI is InChI=1S/C13H14N2O2S/c1-15(2)13(16)12-5-4-11(18-12)9-6-10(17-3)8-14-7-9/h4-8H,1-3H3. The third kappa shape index (κ3) is 2.51. The summed E-state index contributed by atoms with van der Waals surface area (Å²) in [6.45, 7) is 0. The second kappa shape index (κ2) is 5.18. The van der Waals surface area contributed by atoms with Crippen molar-refractivity contribution < 1.29 is 9.53 Å². The lowest BCUT2D eigenvalue weighted by Gasteiger charge is -2.07. The molecule has 0 radical (unpaired) electrons. The Labute approximate surface area is 110 Å². The van der Waals surface area contributed by atoms with Crippen LogP contribution in [-0.2, 0) is 0 Å². The molecule has 2 aromatic heterocycles. The van der Waals surface area contributed by atoms with Gasteiger partial charge in [0.2, 0.25) is 0 Å². The maximum absolute atomic E-state index is 11.8. The van der Waals surface area contributed by atoms with E-state index in [0.29, 0.717) is 5.75 Å². The highest BCUT2D eigenvalue weighted by Crippen LogP contribution is 2.29. The molecule has 0 aliphatic heterocycles. The van der Waals surface area contributed by atoms with Gasteiger partial charge in [0.05, 0.1) is 18.2 Å². The van der Waals surface area contributed by atoms with Crippen LogP contribution in [0.1, 0.15) is 9.67 Å². The highest BCUT2D eigenvalue weighted by Gasteiger charge is 2.12. The molecule has 94 valence electrons. The Kier molecular flexibility index (Phi) is 3.62. The molecule has 0 aliphatic rings. The first-order valence-electron chi connectivity index (χ1n) is 5.42. The van der Waals surface area contributed by atoms with Gasteiger partial charge in [0.25, 0.3) is 5.91 Å². The van der Waals surface area contributed by atoms with Crippen LogP contribution in [0.15, 0.2) is 30.6 Å². The van der Waals surface area contributed by atoms with Crippen molar-refractivity contribution in [3.63, 3.8) is 0 Å². The molecule has 2 rings (SSSR count). The highest BCUT2D eigenvalue weighted by molar-refractivity contribution is 7.17. The van der Waals surface area contributed by atoms with E-state index in [1.165, 1.54) is 11.3 Å². The summed E-state index contributed by atoms with van der Waals surface area (Å²) in [6.07, 6.45) is 3.42. The zero-order valence-corrected chi connectivity index (χ0v) is 11.3. The van der Waals surface area contributed by atoms with Gasteiger partial charge in [-0.05, 0) is 18.2 Å². The van der Waals surface area contributed by atoms with Gasteiger partial charge >= 0.3 is 0 Å². The summed E-state index contributed by atoms with van der Waals surface area (Å²) in [7, 11) is 5.10. The molecule has 1 amide bonds. The van der Waals surface area contributed by atoms with Gasteiger partial charge in [0.15, 0.2) is 0 Å². The highest BCUT2D eigenvalue weighted by atomic mass is 32.1. The number of carbonyl (C=O) groups is 1. The van der Waals surface area contributed by atoms with Gasteiger partial charge in [-0.3, -0.25) is 9.78 Å². The lowest BCUT2D eigenvalue weighted by atomic mass is 10.2. The summed E-state index contributed by atoms with van der Waals surface area (Å²) < 4.78 is 5.14. The Morgan fingerprint density at radius 3 is 2.78 bits per heavy atom. The van der Waals surface area contributed by atoms with Crippen molar-refractivity contribution in [2.24, 2.45) is 0 Å². The third-order valence-corrected chi connectivity index (χ3v) is 3.58. The average Bonchev–Trinajstić information content (AvgIpc) is 2.87. The van der Waals surface area contributed by atoms with E-state index in [9.17, 15) is 4.79 Å². The molecule has 0 aliphatic carbocycles. The molecule has 0 saturated heterocycles. The van der Waals surface area contributed by atoms with E-state index in [0.717, 1.165) is 15.3 Å². The molecule has 0 N–H and O–H groups in total. The number of ether oxygens (including phenoxy) is 1. The lowest BCUT2D eigenvalue weighted by molar-refractivity contribution is 0.0832. The Balaban J connectivity index is 2.32. The summed E-state index contributed by atoms with van der Waals surface area (Å²) in [5.74, 6) is 0.725. The van der Waals surface area contributed by atoms with Crippen molar-refractivity contribution in [1.29, 1.82) is 0 Å². The minimum atomic E-state index is 0.0158. The smallest absolute Gasteiger partial charge is 0.263 e. The molecule has 0 bridgehead atoms. The van der Waals surface area contributed by atoms with Crippen LogP contribution in [0.4, 0.5) is 0 Å². The van der Waals surface area contributed by atoms with E-state index in [2.05, 4.69) is 4.98 Å². The number of pyridine rings is 1. The van der Waals surface area contributed by atoms with E-state index < -0.39 is 0 Å². The van der Waals surface area contributed by atoms with Crippen LogP contribution < -0.4 is 4.74 Å². The van der Waals surface area contributed by atoms with Crippen molar-refractivity contribution in [2.45, 2.75) is 0 Å². The Morgan fingerprint density at radius 2 is 2.11 bits per heavy atom. The molecule has 2 heterocycles. The summed E-state index contributed by atoms with van der Waals surface area (Å²) in [6, 6.07) is 5.67. The van der Waals surface area contributed by atoms with E-state index in [1.807, 2.05) is 18.2 Å². The summed E-state index contributed by atoms with van der Waals surface area (Å²) in [5, 5.41) is 0. The quantitative estimate of drug-likeness (QED) is 0.853. The van der Waals surface area contributed by atoms with Crippen molar-refractivity contribution in [2.75, 3.05) is 21.2 Å². The molecule has 18 heavy (non-hydrogen) atoms. The van der Waals surface area contributed by atoms with Crippen LogP contribution in [-0.4, -0.2) is 37.0 Å². The minimum Gasteiger partial charge on any atom is -0.495 e. The molecule has 2 aromatic rings. The normalized spacial score (nSPS) is 10.2. The SMILES string of the molecule is COc1cncc(-c2ccc(C(=O)N(C)C)s2)c1. The van der Waals surface area contributed by atoms with Gasteiger partial charge in [-0.15, -0.1) is 11.3 Å². The number of carbonyl (C=O) groups excluding carboxylic acids is 1. The topological polar surface area (TPSA) is 42.4 Å². The average molecular weight is 262 g/mol. The largest absolute Gasteiger partial charge is 0.495 e. The monoisotopic (exact) mass is 262 g/mol. The van der Waals surface area contributed by atoms with Gasteiger partial charge in [0, 0.05) is 30.7 Å². The van der Waals surface area contributed by atoms with Crippen LogP contribution in [0.5, 0.6) is 5.75 Å². The van der Waals surface area contributed by atoms with E-state index in [4.69, 9.17) is 4.74 Å². The fourth-order valence-electron chi connectivity index (χ4n) is 1.49. The molecule has 0 fully saturated rings. The number of rotatable bonds is 3. The van der Waals surface area contributed by atoms with Crippen LogP contribution in [0, 0.1) is 0 Å². The first-order valence-corrected chi connectivity index (χ1v) is 6.24. The fourth-order valence-corrected chi connectivity index (χ4v) is 2.50. The number of nitrogens with zero attached hydrogens (tertiary/aromatic N) is 2. The maximum atomic E-state index is 11.8. The molecule has 5 heteroatoms. The number of aromatic nitrogens is 1. The van der Waals surface area contributed by atoms with Crippen molar-refractivity contribution in [3.05, 3.63) is 35.5 Å². The number of thiophene rings is 1. The first kappa shape index (κ1) is 12.6. The molecule has 0 aromatic carbocycles. The summed E-state index contributed by atoms with van der Waals surface area (Å²) >= 11 is 1.45. The summed E-state index contributed by atoms with van der Waals surface area (Å²) in [5.41, 5.74) is 0.956. The lowest BCUT2D eigenvalue weighted by Crippen LogP contribution is -2.20. The van der Waals surface area contributed by atoms with E-state index in [-0.39, 0.29) is 5.91 Å². The van der Waals surface area contributed by atoms with Gasteiger partial charge in [-0.25, -0.2) is 0 Å². The van der Waals surface area contributed by atoms with Crippen LogP contribution >= 0.6 is 11.3 Å². The Bertz CT molecular complexity index is 564. The Morgan fingerprint density at radius 1 is 1.33 bits per heavy atom. The van der Waals surface area contributed by atoms with Crippen molar-refractivity contribution in [1.82, 2.24) is 9.88 Å². The molecular weight excluding hydrogens is 248 g/mol. The van der Waals surface area contributed by atoms with E-state index >= 15 is 0 Å². The zero-order valence-electron chi connectivity index (χ0n) is 10.5. The van der Waals surface area contributed by atoms with Crippen molar-refractivity contribution >= 4 is 17.2 Å². The van der Waals surface area contributed by atoms with Crippen LogP contribution in [0.2, 0.25) is 0 Å². The predicted octanol–water partition coefficient (Wildman–Crippen LogP) is 2.52. The number of amides is 1. The molecule has 4 nitrogen and oxygen atoms in total. The maximum Gasteiger partial charge on any atom is 0.263 e. The minimum absolute atomic E-state index is 0.0158. The zero-order chi connectivity index (χ0) is 13.1. The van der Waals surface area contributed by atoms with Crippen LogP contribution in [0.25, 0.3) is 10.4 Å². The molecule has 0 atom stereocenters.